The Hall–Kier alpha value is -1.26. The number of amides is 2. The molecule has 0 aliphatic rings. The first kappa shape index (κ1) is 15.7. The van der Waals surface area contributed by atoms with Crippen molar-refractivity contribution in [3.63, 3.8) is 0 Å². The van der Waals surface area contributed by atoms with Crippen LogP contribution in [-0.4, -0.2) is 40.6 Å². The summed E-state index contributed by atoms with van der Waals surface area (Å²) in [6, 6.07) is -0.409. The lowest BCUT2D eigenvalue weighted by Crippen LogP contribution is -2.49. The summed E-state index contributed by atoms with van der Waals surface area (Å²) in [4.78, 5) is 24.1. The minimum Gasteiger partial charge on any atom is -0.481 e. The SMILES string of the molecule is CCN(C(=O)NC(C)C(C)C)C(C)CC(=O)O. The Morgan fingerprint density at radius 2 is 1.76 bits per heavy atom. The van der Waals surface area contributed by atoms with E-state index in [-0.39, 0.29) is 24.5 Å². The number of nitrogens with zero attached hydrogens (tertiary/aromatic N) is 1. The van der Waals surface area contributed by atoms with Gasteiger partial charge in [-0.15, -0.1) is 0 Å². The molecule has 0 rings (SSSR count). The number of aliphatic carboxylic acids is 1. The second kappa shape index (κ2) is 7.14. The third-order valence-electron chi connectivity index (χ3n) is 2.95. The molecule has 2 N–H and O–H groups in total. The van der Waals surface area contributed by atoms with Crippen molar-refractivity contribution in [1.29, 1.82) is 0 Å². The van der Waals surface area contributed by atoms with Crippen LogP contribution < -0.4 is 5.32 Å². The molecule has 0 saturated heterocycles. The van der Waals surface area contributed by atoms with Crippen molar-refractivity contribution in [3.8, 4) is 0 Å². The molecular formula is C12H24N2O3. The number of carboxylic acid groups (broad SMARTS) is 1. The van der Waals surface area contributed by atoms with E-state index in [0.29, 0.717) is 12.5 Å². The van der Waals surface area contributed by atoms with Crippen LogP contribution in [0.15, 0.2) is 0 Å². The molecule has 0 radical (unpaired) electrons. The minimum absolute atomic E-state index is 0.0304. The molecule has 0 spiro atoms. The first-order chi connectivity index (χ1) is 7.79. The normalized spacial score (nSPS) is 14.2. The average Bonchev–Trinajstić information content (AvgIpc) is 2.16. The molecule has 2 amide bonds. The van der Waals surface area contributed by atoms with E-state index in [9.17, 15) is 9.59 Å². The number of carbonyl (C=O) groups excluding carboxylic acids is 1. The zero-order valence-corrected chi connectivity index (χ0v) is 11.4. The van der Waals surface area contributed by atoms with Gasteiger partial charge in [0.25, 0.3) is 0 Å². The first-order valence-corrected chi connectivity index (χ1v) is 6.08. The Bertz CT molecular complexity index is 266. The topological polar surface area (TPSA) is 69.6 Å². The highest BCUT2D eigenvalue weighted by atomic mass is 16.4. The Morgan fingerprint density at radius 1 is 1.24 bits per heavy atom. The maximum Gasteiger partial charge on any atom is 0.317 e. The number of hydrogen-bond acceptors (Lipinski definition) is 2. The van der Waals surface area contributed by atoms with Gasteiger partial charge < -0.3 is 15.3 Å². The Morgan fingerprint density at radius 3 is 2.12 bits per heavy atom. The van der Waals surface area contributed by atoms with Gasteiger partial charge in [0.05, 0.1) is 6.42 Å². The van der Waals surface area contributed by atoms with E-state index >= 15 is 0 Å². The number of carboxylic acids is 1. The second-order valence-corrected chi connectivity index (χ2v) is 4.72. The van der Waals surface area contributed by atoms with Crippen molar-refractivity contribution in [1.82, 2.24) is 10.2 Å². The minimum atomic E-state index is -0.888. The summed E-state index contributed by atoms with van der Waals surface area (Å²) in [5.41, 5.74) is 0. The third kappa shape index (κ3) is 5.56. The quantitative estimate of drug-likeness (QED) is 0.750. The number of rotatable bonds is 6. The average molecular weight is 244 g/mol. The van der Waals surface area contributed by atoms with E-state index in [1.165, 1.54) is 0 Å². The van der Waals surface area contributed by atoms with E-state index in [2.05, 4.69) is 5.32 Å². The highest BCUT2D eigenvalue weighted by Crippen LogP contribution is 2.06. The molecule has 2 unspecified atom stereocenters. The molecule has 0 fully saturated rings. The number of nitrogens with one attached hydrogen (secondary N) is 1. The van der Waals surface area contributed by atoms with Gasteiger partial charge in [-0.1, -0.05) is 13.8 Å². The number of hydrogen-bond donors (Lipinski definition) is 2. The van der Waals surface area contributed by atoms with Crippen molar-refractivity contribution in [3.05, 3.63) is 0 Å². The van der Waals surface area contributed by atoms with E-state index in [0.717, 1.165) is 0 Å². The molecule has 17 heavy (non-hydrogen) atoms. The van der Waals surface area contributed by atoms with Crippen LogP contribution in [-0.2, 0) is 4.79 Å². The fraction of sp³-hybridized carbons (Fsp3) is 0.833. The van der Waals surface area contributed by atoms with Gasteiger partial charge in [0, 0.05) is 18.6 Å². The maximum atomic E-state index is 11.9. The highest BCUT2D eigenvalue weighted by Gasteiger charge is 2.22. The zero-order valence-electron chi connectivity index (χ0n) is 11.4. The van der Waals surface area contributed by atoms with E-state index in [1.807, 2.05) is 27.7 Å². The van der Waals surface area contributed by atoms with Crippen LogP contribution >= 0.6 is 0 Å². The third-order valence-corrected chi connectivity index (χ3v) is 2.95. The Kier molecular flexibility index (Phi) is 6.61. The summed E-state index contributed by atoms with van der Waals surface area (Å²) in [6.07, 6.45) is -0.0304. The fourth-order valence-electron chi connectivity index (χ4n) is 1.46. The van der Waals surface area contributed by atoms with Crippen LogP contribution in [0.3, 0.4) is 0 Å². The van der Waals surface area contributed by atoms with Gasteiger partial charge in [0.1, 0.15) is 0 Å². The summed E-state index contributed by atoms with van der Waals surface area (Å²) in [5.74, 6) is -0.534. The molecule has 5 heteroatoms. The largest absolute Gasteiger partial charge is 0.481 e. The van der Waals surface area contributed by atoms with Gasteiger partial charge >= 0.3 is 12.0 Å². The lowest BCUT2D eigenvalue weighted by Gasteiger charge is -2.29. The summed E-state index contributed by atoms with van der Waals surface area (Å²) in [7, 11) is 0. The van der Waals surface area contributed by atoms with Crippen LogP contribution in [0.4, 0.5) is 4.79 Å². The molecule has 100 valence electrons. The van der Waals surface area contributed by atoms with Gasteiger partial charge in [-0.2, -0.15) is 0 Å². The standard InChI is InChI=1S/C12H24N2O3/c1-6-14(9(4)7-11(15)16)12(17)13-10(5)8(2)3/h8-10H,6-7H2,1-5H3,(H,13,17)(H,15,16). The highest BCUT2D eigenvalue weighted by molar-refractivity contribution is 5.76. The van der Waals surface area contributed by atoms with Gasteiger partial charge in [-0.3, -0.25) is 4.79 Å². The summed E-state index contributed by atoms with van der Waals surface area (Å²) in [6.45, 7) is 10.1. The number of urea groups is 1. The molecule has 0 heterocycles. The molecular weight excluding hydrogens is 220 g/mol. The van der Waals surface area contributed by atoms with Gasteiger partial charge in [0.15, 0.2) is 0 Å². The maximum absolute atomic E-state index is 11.9. The van der Waals surface area contributed by atoms with E-state index in [1.54, 1.807) is 11.8 Å². The first-order valence-electron chi connectivity index (χ1n) is 6.08. The predicted octanol–water partition coefficient (Wildman–Crippen LogP) is 1.93. The lowest BCUT2D eigenvalue weighted by molar-refractivity contribution is -0.138. The van der Waals surface area contributed by atoms with Crippen molar-refractivity contribution < 1.29 is 14.7 Å². The van der Waals surface area contributed by atoms with Crippen LogP contribution in [0.2, 0.25) is 0 Å². The molecule has 0 aliphatic heterocycles. The fourth-order valence-corrected chi connectivity index (χ4v) is 1.46. The second-order valence-electron chi connectivity index (χ2n) is 4.72. The summed E-state index contributed by atoms with van der Waals surface area (Å²) >= 11 is 0. The molecule has 0 aliphatic carbocycles. The number of carbonyl (C=O) groups is 2. The Balaban J connectivity index is 4.44. The molecule has 0 aromatic rings. The Labute approximate surface area is 103 Å². The summed E-state index contributed by atoms with van der Waals surface area (Å²) in [5, 5.41) is 11.6. The molecule has 0 saturated carbocycles. The predicted molar refractivity (Wildman–Crippen MR) is 66.9 cm³/mol. The van der Waals surface area contributed by atoms with Crippen molar-refractivity contribution in [2.75, 3.05) is 6.54 Å². The van der Waals surface area contributed by atoms with Crippen LogP contribution in [0.5, 0.6) is 0 Å². The molecule has 0 aromatic heterocycles. The summed E-state index contributed by atoms with van der Waals surface area (Å²) < 4.78 is 0. The molecule has 0 bridgehead atoms. The van der Waals surface area contributed by atoms with Gasteiger partial charge in [0.2, 0.25) is 0 Å². The lowest BCUT2D eigenvalue weighted by atomic mass is 10.1. The van der Waals surface area contributed by atoms with Crippen molar-refractivity contribution in [2.24, 2.45) is 5.92 Å². The van der Waals surface area contributed by atoms with Crippen LogP contribution in [0.1, 0.15) is 41.0 Å². The zero-order chi connectivity index (χ0) is 13.6. The molecule has 5 nitrogen and oxygen atoms in total. The van der Waals surface area contributed by atoms with Crippen LogP contribution in [0.25, 0.3) is 0 Å². The molecule has 0 aromatic carbocycles. The van der Waals surface area contributed by atoms with Gasteiger partial charge in [-0.05, 0) is 26.7 Å². The van der Waals surface area contributed by atoms with Crippen LogP contribution in [0, 0.1) is 5.92 Å². The smallest absolute Gasteiger partial charge is 0.317 e. The molecule has 2 atom stereocenters. The van der Waals surface area contributed by atoms with Crippen molar-refractivity contribution >= 4 is 12.0 Å². The van der Waals surface area contributed by atoms with E-state index < -0.39 is 5.97 Å². The van der Waals surface area contributed by atoms with E-state index in [4.69, 9.17) is 5.11 Å². The van der Waals surface area contributed by atoms with Gasteiger partial charge in [-0.25, -0.2) is 4.79 Å². The monoisotopic (exact) mass is 244 g/mol. The van der Waals surface area contributed by atoms with Crippen molar-refractivity contribution in [2.45, 2.75) is 53.1 Å².